The highest BCUT2D eigenvalue weighted by Gasteiger charge is 2.05. The van der Waals surface area contributed by atoms with Crippen LogP contribution in [-0.2, 0) is 4.74 Å². The van der Waals surface area contributed by atoms with E-state index < -0.39 is 0 Å². The quantitative estimate of drug-likeness (QED) is 0.192. The number of methoxy groups -OCH3 is 1. The fourth-order valence-corrected chi connectivity index (χ4v) is 3.40. The lowest BCUT2D eigenvalue weighted by atomic mass is 10.2. The highest BCUT2D eigenvalue weighted by Crippen LogP contribution is 2.19. The molecule has 162 valence electrons. The van der Waals surface area contributed by atoms with Crippen molar-refractivity contribution in [3.63, 3.8) is 0 Å². The van der Waals surface area contributed by atoms with Crippen LogP contribution in [0.2, 0.25) is 0 Å². The van der Waals surface area contributed by atoms with Crippen molar-refractivity contribution in [2.45, 2.75) is 24.2 Å². The van der Waals surface area contributed by atoms with Crippen LogP contribution in [0.5, 0.6) is 5.75 Å². The summed E-state index contributed by atoms with van der Waals surface area (Å²) < 4.78 is 10.4. The summed E-state index contributed by atoms with van der Waals surface area (Å²) in [6.45, 7) is 0.596. The Labute approximate surface area is 190 Å². The Hall–Kier alpha value is -2.98. The van der Waals surface area contributed by atoms with E-state index in [1.165, 1.54) is 7.11 Å². The Balaban J connectivity index is 1.50. The van der Waals surface area contributed by atoms with E-state index in [1.54, 1.807) is 17.8 Å². The predicted molar refractivity (Wildman–Crippen MR) is 131 cm³/mol. The maximum Gasteiger partial charge on any atom is 0.337 e. The molecule has 2 rings (SSSR count). The van der Waals surface area contributed by atoms with Crippen molar-refractivity contribution < 1.29 is 14.3 Å². The second-order valence-electron chi connectivity index (χ2n) is 6.55. The second kappa shape index (κ2) is 15.8. The van der Waals surface area contributed by atoms with Gasteiger partial charge in [0.05, 0.1) is 12.7 Å². The monoisotopic (exact) mass is 434 g/mol. The van der Waals surface area contributed by atoms with Gasteiger partial charge in [-0.1, -0.05) is 72.9 Å². The summed E-state index contributed by atoms with van der Waals surface area (Å²) in [5.74, 6) is 1.47. The van der Waals surface area contributed by atoms with Crippen LogP contribution in [0.3, 0.4) is 0 Å². The maximum absolute atomic E-state index is 11.6. The number of carbonyl (C=O) groups excluding carboxylic acids is 1. The number of para-hydroxylation sites is 1. The van der Waals surface area contributed by atoms with Gasteiger partial charge in [-0.05, 0) is 49.6 Å². The highest BCUT2D eigenvalue weighted by molar-refractivity contribution is 7.99. The molecule has 2 aromatic carbocycles. The van der Waals surface area contributed by atoms with Crippen LogP contribution in [0, 0.1) is 0 Å². The van der Waals surface area contributed by atoms with E-state index >= 15 is 0 Å². The molecule has 0 saturated heterocycles. The van der Waals surface area contributed by atoms with E-state index in [4.69, 9.17) is 9.47 Å². The smallest absolute Gasteiger partial charge is 0.337 e. The lowest BCUT2D eigenvalue weighted by Crippen LogP contribution is -2.00. The van der Waals surface area contributed by atoms with Crippen LogP contribution >= 0.6 is 11.8 Å². The summed E-state index contributed by atoms with van der Waals surface area (Å²) in [7, 11) is 1.40. The summed E-state index contributed by atoms with van der Waals surface area (Å²) in [5.41, 5.74) is 0.587. The zero-order valence-corrected chi connectivity index (χ0v) is 18.8. The average molecular weight is 435 g/mol. The molecule has 31 heavy (non-hydrogen) atoms. The van der Waals surface area contributed by atoms with E-state index in [1.807, 2.05) is 54.6 Å². The lowest BCUT2D eigenvalue weighted by molar-refractivity contribution is 0.0600. The first kappa shape index (κ1) is 24.3. The molecule has 0 aliphatic carbocycles. The molecule has 0 saturated carbocycles. The Bertz CT molecular complexity index is 882. The molecule has 0 aliphatic rings. The number of thioether (sulfide) groups is 1. The van der Waals surface area contributed by atoms with E-state index in [0.29, 0.717) is 12.2 Å². The van der Waals surface area contributed by atoms with Gasteiger partial charge >= 0.3 is 5.97 Å². The molecule has 0 amide bonds. The molecule has 0 aliphatic heterocycles. The number of allylic oxidation sites excluding steroid dienone is 6. The zero-order chi connectivity index (χ0) is 22.0. The molecule has 0 radical (unpaired) electrons. The fourth-order valence-electron chi connectivity index (χ4n) is 2.59. The average Bonchev–Trinajstić information content (AvgIpc) is 2.82. The van der Waals surface area contributed by atoms with Crippen LogP contribution in [0.1, 0.15) is 29.6 Å². The minimum absolute atomic E-state index is 0.301. The van der Waals surface area contributed by atoms with E-state index in [-0.39, 0.29) is 5.97 Å². The summed E-state index contributed by atoms with van der Waals surface area (Å²) in [6, 6.07) is 17.3. The molecular weight excluding hydrogens is 404 g/mol. The van der Waals surface area contributed by atoms with Crippen LogP contribution in [0.15, 0.2) is 108 Å². The van der Waals surface area contributed by atoms with E-state index in [2.05, 4.69) is 42.5 Å². The van der Waals surface area contributed by atoms with Gasteiger partial charge in [0.1, 0.15) is 12.4 Å². The normalized spacial score (nSPS) is 11.8. The number of benzene rings is 2. The van der Waals surface area contributed by atoms with Crippen molar-refractivity contribution in [2.24, 2.45) is 0 Å². The van der Waals surface area contributed by atoms with Crippen molar-refractivity contribution in [1.82, 2.24) is 0 Å². The van der Waals surface area contributed by atoms with Gasteiger partial charge in [-0.2, -0.15) is 0 Å². The summed E-state index contributed by atoms with van der Waals surface area (Å²) >= 11 is 1.70. The van der Waals surface area contributed by atoms with Crippen LogP contribution in [-0.4, -0.2) is 25.4 Å². The predicted octanol–water partition coefficient (Wildman–Crippen LogP) is 7.04. The number of esters is 1. The molecule has 0 spiro atoms. The number of hydrogen-bond donors (Lipinski definition) is 0. The van der Waals surface area contributed by atoms with Gasteiger partial charge in [0, 0.05) is 10.6 Å². The molecule has 0 bridgehead atoms. The first-order valence-electron chi connectivity index (χ1n) is 10.4. The first-order chi connectivity index (χ1) is 15.3. The fraction of sp³-hybridized carbons (Fsp3) is 0.222. The molecule has 0 heterocycles. The van der Waals surface area contributed by atoms with Crippen LogP contribution < -0.4 is 4.74 Å². The number of ether oxygens (including phenoxy) is 2. The number of rotatable bonds is 13. The van der Waals surface area contributed by atoms with Crippen molar-refractivity contribution in [3.8, 4) is 5.75 Å². The van der Waals surface area contributed by atoms with Crippen LogP contribution in [0.4, 0.5) is 0 Å². The van der Waals surface area contributed by atoms with E-state index in [9.17, 15) is 4.79 Å². The minimum atomic E-state index is -0.301. The van der Waals surface area contributed by atoms with Gasteiger partial charge in [-0.25, -0.2) is 4.79 Å². The molecule has 3 nitrogen and oxygen atoms in total. The molecule has 0 fully saturated rings. The summed E-state index contributed by atoms with van der Waals surface area (Å²) in [5, 5.41) is 0. The zero-order valence-electron chi connectivity index (χ0n) is 18.0. The Morgan fingerprint density at radius 3 is 2.13 bits per heavy atom. The van der Waals surface area contributed by atoms with Crippen molar-refractivity contribution in [2.75, 3.05) is 19.5 Å². The molecule has 0 atom stereocenters. The number of carbonyl (C=O) groups is 1. The minimum Gasteiger partial charge on any atom is -0.490 e. The lowest BCUT2D eigenvalue weighted by Gasteiger charge is -2.02. The Morgan fingerprint density at radius 2 is 1.45 bits per heavy atom. The van der Waals surface area contributed by atoms with Gasteiger partial charge in [0.2, 0.25) is 0 Å². The van der Waals surface area contributed by atoms with Crippen molar-refractivity contribution in [1.29, 1.82) is 0 Å². The van der Waals surface area contributed by atoms with Gasteiger partial charge in [0.15, 0.2) is 0 Å². The van der Waals surface area contributed by atoms with Crippen molar-refractivity contribution in [3.05, 3.63) is 109 Å². The third kappa shape index (κ3) is 11.1. The topological polar surface area (TPSA) is 35.5 Å². The third-order valence-electron chi connectivity index (χ3n) is 4.17. The first-order valence-corrected chi connectivity index (χ1v) is 11.4. The van der Waals surface area contributed by atoms with Crippen LogP contribution in [0.25, 0.3) is 0 Å². The van der Waals surface area contributed by atoms with E-state index in [0.717, 1.165) is 35.7 Å². The summed E-state index contributed by atoms with van der Waals surface area (Å²) in [6.07, 6.45) is 19.9. The van der Waals surface area contributed by atoms with Gasteiger partial charge in [-0.3, -0.25) is 0 Å². The Kier molecular flexibility index (Phi) is 12.4. The SMILES string of the molecule is COC(=O)c1cccc(SCC=CCC=CCC=CCC=CCOc2ccccc2)c1. The number of hydrogen-bond acceptors (Lipinski definition) is 4. The van der Waals surface area contributed by atoms with Crippen molar-refractivity contribution >= 4 is 17.7 Å². The van der Waals surface area contributed by atoms with Gasteiger partial charge in [-0.15, -0.1) is 11.8 Å². The molecule has 4 heteroatoms. The third-order valence-corrected chi connectivity index (χ3v) is 5.12. The molecule has 0 unspecified atom stereocenters. The highest BCUT2D eigenvalue weighted by atomic mass is 32.2. The largest absolute Gasteiger partial charge is 0.490 e. The molecule has 2 aromatic rings. The Morgan fingerprint density at radius 1 is 0.806 bits per heavy atom. The second-order valence-corrected chi connectivity index (χ2v) is 7.64. The summed E-state index contributed by atoms with van der Waals surface area (Å²) in [4.78, 5) is 12.6. The maximum atomic E-state index is 11.6. The van der Waals surface area contributed by atoms with Gasteiger partial charge < -0.3 is 9.47 Å². The molecular formula is C27H30O3S. The molecule has 0 N–H and O–H groups in total. The molecule has 0 aromatic heterocycles. The standard InChI is InChI=1S/C27H30O3S/c1-29-27(28)24-17-16-20-26(23-24)31-22-15-10-8-6-4-2-3-5-7-9-14-21-30-25-18-12-11-13-19-25/h3-6,9-20,23H,2,7-8,21-22H2,1H3. The van der Waals surface area contributed by atoms with Gasteiger partial charge in [0.25, 0.3) is 0 Å².